The molecular weight excluding hydrogens is 773 g/mol. The minimum Gasteiger partial charge on any atom is -0.481 e. The van der Waals surface area contributed by atoms with Crippen molar-refractivity contribution in [1.29, 1.82) is 0 Å². The van der Waals surface area contributed by atoms with Crippen LogP contribution in [0.2, 0.25) is 0 Å². The summed E-state index contributed by atoms with van der Waals surface area (Å²) in [7, 11) is 2.00. The highest BCUT2D eigenvalue weighted by Gasteiger charge is 2.38. The second-order valence-electron chi connectivity index (χ2n) is 17.2. The molecule has 0 spiro atoms. The Kier molecular flexibility index (Phi) is 17.2. The van der Waals surface area contributed by atoms with Gasteiger partial charge >= 0.3 is 5.97 Å². The van der Waals surface area contributed by atoms with Crippen LogP contribution in [0.1, 0.15) is 112 Å². The minimum absolute atomic E-state index is 0.0256. The third kappa shape index (κ3) is 12.7. The van der Waals surface area contributed by atoms with Crippen molar-refractivity contribution in [3.63, 3.8) is 0 Å². The molecule has 1 saturated heterocycles. The first-order chi connectivity index (χ1) is 28.7. The van der Waals surface area contributed by atoms with Crippen LogP contribution in [0.3, 0.4) is 0 Å². The first-order valence-corrected chi connectivity index (χ1v) is 22.5. The zero-order valence-electron chi connectivity index (χ0n) is 36.1. The summed E-state index contributed by atoms with van der Waals surface area (Å²) >= 11 is 1.18. The lowest BCUT2D eigenvalue weighted by Crippen LogP contribution is -2.49. The molecule has 11 heteroatoms. The number of thiazole rings is 1. The van der Waals surface area contributed by atoms with Gasteiger partial charge in [-0.05, 0) is 73.4 Å². The topological polar surface area (TPSA) is 140 Å². The third-order valence-electron chi connectivity index (χ3n) is 12.3. The van der Waals surface area contributed by atoms with E-state index in [-0.39, 0.29) is 54.5 Å². The maximum atomic E-state index is 14.9. The molecule has 5 rings (SSSR count). The minimum atomic E-state index is -1.07. The van der Waals surface area contributed by atoms with E-state index in [2.05, 4.69) is 29.0 Å². The number of nitrogens with one attached hydrogen (secondary N) is 1. The molecule has 1 aromatic heterocycles. The number of carbonyl (C=O) groups is 4. The van der Waals surface area contributed by atoms with Crippen LogP contribution in [0, 0.1) is 23.7 Å². The predicted molar refractivity (Wildman–Crippen MR) is 238 cm³/mol. The summed E-state index contributed by atoms with van der Waals surface area (Å²) < 4.78 is 0. The van der Waals surface area contributed by atoms with Crippen molar-refractivity contribution in [2.75, 3.05) is 13.6 Å². The third-order valence-corrected chi connectivity index (χ3v) is 13.2. The number of aromatic nitrogens is 1. The van der Waals surface area contributed by atoms with Gasteiger partial charge in [-0.3, -0.25) is 24.1 Å². The number of Topliss-reactive ketones (excluding diaryl/α,β-unsaturated/α-hetero) is 1. The average molecular weight is 837 g/mol. The smallest absolute Gasteiger partial charge is 0.306 e. The molecule has 2 heterocycles. The van der Waals surface area contributed by atoms with Gasteiger partial charge in [-0.25, -0.2) is 4.98 Å². The molecule has 1 aliphatic rings. The molecule has 322 valence electrons. The second-order valence-corrected chi connectivity index (χ2v) is 18.0. The van der Waals surface area contributed by atoms with Crippen LogP contribution >= 0.6 is 11.3 Å². The molecule has 1 aliphatic heterocycles. The number of hydrogen-bond acceptors (Lipinski definition) is 8. The molecule has 3 N–H and O–H groups in total. The largest absolute Gasteiger partial charge is 0.481 e. The first kappa shape index (κ1) is 46.4. The van der Waals surface area contributed by atoms with E-state index in [0.29, 0.717) is 18.0 Å². The monoisotopic (exact) mass is 836 g/mol. The first-order valence-electron chi connectivity index (χ1n) is 21.6. The van der Waals surface area contributed by atoms with E-state index in [0.717, 1.165) is 54.5 Å². The van der Waals surface area contributed by atoms with Crippen molar-refractivity contribution in [3.8, 4) is 11.1 Å². The van der Waals surface area contributed by atoms with Crippen LogP contribution in [-0.4, -0.2) is 80.3 Å². The van der Waals surface area contributed by atoms with Crippen LogP contribution in [0.25, 0.3) is 11.1 Å². The van der Waals surface area contributed by atoms with Crippen LogP contribution in [0.15, 0.2) is 90.3 Å². The van der Waals surface area contributed by atoms with E-state index in [9.17, 15) is 29.4 Å². The highest BCUT2D eigenvalue weighted by Crippen LogP contribution is 2.33. The number of ketones is 1. The molecule has 2 amide bonds. The van der Waals surface area contributed by atoms with Gasteiger partial charge in [0.1, 0.15) is 16.8 Å². The van der Waals surface area contributed by atoms with Gasteiger partial charge in [-0.2, -0.15) is 0 Å². The van der Waals surface area contributed by atoms with E-state index in [4.69, 9.17) is 0 Å². The number of carboxylic acid groups (broad SMARTS) is 1. The molecule has 3 aromatic carbocycles. The van der Waals surface area contributed by atoms with Crippen molar-refractivity contribution in [2.45, 2.75) is 117 Å². The molecule has 0 bridgehead atoms. The van der Waals surface area contributed by atoms with E-state index < -0.39 is 41.9 Å². The molecule has 60 heavy (non-hydrogen) atoms. The molecule has 4 aromatic rings. The summed E-state index contributed by atoms with van der Waals surface area (Å²) in [6.45, 7) is 11.0. The van der Waals surface area contributed by atoms with Crippen LogP contribution in [0.5, 0.6) is 0 Å². The van der Waals surface area contributed by atoms with Gasteiger partial charge < -0.3 is 20.4 Å². The lowest BCUT2D eigenvalue weighted by atomic mass is 9.82. The number of aliphatic hydroxyl groups is 1. The SMILES string of the molecule is CCC(C)C(CC(=O)C1CCCCN1C)C(=O)N(Cc1ccccc1)C(CC(O)c1nc(C(=O)NC(Cc2ccc(-c3ccccc3)cc2)CC(C)C(=O)O)cs1)C(C)C. The summed E-state index contributed by atoms with van der Waals surface area (Å²) in [5.41, 5.74) is 4.22. The fraction of sp³-hybridized carbons (Fsp3) is 0.490. The number of piperidine rings is 1. The van der Waals surface area contributed by atoms with Crippen molar-refractivity contribution >= 4 is 34.9 Å². The number of likely N-dealkylation sites (N-methyl/N-ethyl adjacent to an activating group) is 1. The lowest BCUT2D eigenvalue weighted by molar-refractivity contribution is -0.145. The van der Waals surface area contributed by atoms with Gasteiger partial charge in [0.15, 0.2) is 5.78 Å². The Morgan fingerprint density at radius 1 is 0.883 bits per heavy atom. The van der Waals surface area contributed by atoms with Gasteiger partial charge in [0.25, 0.3) is 5.91 Å². The van der Waals surface area contributed by atoms with Crippen molar-refractivity contribution in [3.05, 3.63) is 112 Å². The molecule has 0 saturated carbocycles. The molecule has 7 atom stereocenters. The molecular formula is C49H64N4O6S. The second kappa shape index (κ2) is 22.2. The van der Waals surface area contributed by atoms with Crippen LogP contribution in [-0.2, 0) is 27.3 Å². The number of nitrogens with zero attached hydrogens (tertiary/aromatic N) is 3. The van der Waals surface area contributed by atoms with Gasteiger partial charge in [0, 0.05) is 42.8 Å². The van der Waals surface area contributed by atoms with Crippen molar-refractivity contribution < 1.29 is 29.4 Å². The predicted octanol–water partition coefficient (Wildman–Crippen LogP) is 8.84. The molecule has 7 unspecified atom stereocenters. The fourth-order valence-corrected chi connectivity index (χ4v) is 9.16. The number of benzene rings is 3. The number of carboxylic acids is 1. The molecule has 0 aliphatic carbocycles. The summed E-state index contributed by atoms with van der Waals surface area (Å²) in [6, 6.07) is 26.8. The number of rotatable bonds is 21. The van der Waals surface area contributed by atoms with E-state index in [1.54, 1.807) is 12.3 Å². The van der Waals surface area contributed by atoms with E-state index in [1.807, 2.05) is 111 Å². The number of aliphatic carboxylic acids is 1. The maximum Gasteiger partial charge on any atom is 0.306 e. The standard InChI is InChI=1S/C49H64N4O6S/c1-7-33(4)40(28-44(54)42-20-14-15-25-52(42)6)48(57)53(30-36-16-10-8-11-17-36)43(32(2)3)29-45(55)47-51-41(31-60-47)46(56)50-39(26-34(5)49(58)59)27-35-21-23-38(24-22-35)37-18-12-9-13-19-37/h8-13,16-19,21-24,31-34,39-40,42-43,45,55H,7,14-15,20,25-30H2,1-6H3,(H,50,56)(H,58,59). The highest BCUT2D eigenvalue weighted by atomic mass is 32.1. The number of amides is 2. The maximum absolute atomic E-state index is 14.9. The normalized spacial score (nSPS) is 17.6. The fourth-order valence-electron chi connectivity index (χ4n) is 8.37. The summed E-state index contributed by atoms with van der Waals surface area (Å²) in [4.78, 5) is 62.9. The Hall–Kier alpha value is -4.71. The zero-order chi connectivity index (χ0) is 43.3. The van der Waals surface area contributed by atoms with Gasteiger partial charge in [-0.15, -0.1) is 11.3 Å². The number of likely N-dealkylation sites (tertiary alicyclic amines) is 1. The summed E-state index contributed by atoms with van der Waals surface area (Å²) in [5, 5.41) is 26.5. The molecule has 0 radical (unpaired) electrons. The molecule has 10 nitrogen and oxygen atoms in total. The summed E-state index contributed by atoms with van der Waals surface area (Å²) in [6.07, 6.45) is 3.59. The molecule has 1 fully saturated rings. The lowest BCUT2D eigenvalue weighted by Gasteiger charge is -2.39. The Morgan fingerprint density at radius 2 is 1.53 bits per heavy atom. The Labute approximate surface area is 360 Å². The Bertz CT molecular complexity index is 1990. The summed E-state index contributed by atoms with van der Waals surface area (Å²) in [5.74, 6) is -2.62. The van der Waals surface area contributed by atoms with Crippen LogP contribution < -0.4 is 5.32 Å². The van der Waals surface area contributed by atoms with Gasteiger partial charge in [-0.1, -0.05) is 132 Å². The number of aliphatic hydroxyl groups excluding tert-OH is 1. The average Bonchev–Trinajstić information content (AvgIpc) is 3.75. The Morgan fingerprint density at radius 3 is 2.15 bits per heavy atom. The van der Waals surface area contributed by atoms with Crippen molar-refractivity contribution in [2.24, 2.45) is 23.7 Å². The van der Waals surface area contributed by atoms with Gasteiger partial charge in [0.05, 0.1) is 12.0 Å². The van der Waals surface area contributed by atoms with E-state index in [1.165, 1.54) is 11.3 Å². The van der Waals surface area contributed by atoms with Crippen molar-refractivity contribution in [1.82, 2.24) is 20.1 Å². The van der Waals surface area contributed by atoms with Gasteiger partial charge in [0.2, 0.25) is 5.91 Å². The quantitative estimate of drug-likeness (QED) is 0.0757. The van der Waals surface area contributed by atoms with Crippen LogP contribution in [0.4, 0.5) is 0 Å². The Balaban J connectivity index is 1.33. The highest BCUT2D eigenvalue weighted by molar-refractivity contribution is 7.09. The number of carbonyl (C=O) groups excluding carboxylic acids is 3. The van der Waals surface area contributed by atoms with E-state index >= 15 is 0 Å². The zero-order valence-corrected chi connectivity index (χ0v) is 36.9. The number of hydrogen-bond donors (Lipinski definition) is 3.